The quantitative estimate of drug-likeness (QED) is 0.591. The van der Waals surface area contributed by atoms with E-state index in [1.807, 2.05) is 6.07 Å². The largest absolute Gasteiger partial charge is 0.359 e. The molecule has 0 radical (unpaired) electrons. The summed E-state index contributed by atoms with van der Waals surface area (Å²) in [5.74, 6) is 0. The number of anilines is 1. The Balaban J connectivity index is 2.41. The number of hydrogen-bond donors (Lipinski definition) is 1. The van der Waals surface area contributed by atoms with E-state index >= 15 is 0 Å². The zero-order valence-electron chi connectivity index (χ0n) is 6.43. The van der Waals surface area contributed by atoms with Crippen molar-refractivity contribution in [2.45, 2.75) is 12.8 Å². The molecule has 2 rings (SSSR count). The Hall–Kier alpha value is -1.24. The zero-order chi connectivity index (χ0) is 7.68. The topological polar surface area (TPSA) is 12.0 Å². The lowest BCUT2D eigenvalue weighted by atomic mass is 10.0. The molecular weight excluding hydrogens is 134 g/mol. The van der Waals surface area contributed by atoms with Crippen LogP contribution in [-0.2, 0) is 6.42 Å². The fourth-order valence-electron chi connectivity index (χ4n) is 1.40. The second-order valence-corrected chi connectivity index (χ2v) is 2.89. The van der Waals surface area contributed by atoms with Gasteiger partial charge in [0.15, 0.2) is 0 Å². The van der Waals surface area contributed by atoms with Gasteiger partial charge in [-0.25, -0.2) is 0 Å². The Morgan fingerprint density at radius 3 is 2.91 bits per heavy atom. The van der Waals surface area contributed by atoms with Gasteiger partial charge in [-0.05, 0) is 24.5 Å². The van der Waals surface area contributed by atoms with Gasteiger partial charge in [0, 0.05) is 11.4 Å². The highest BCUT2D eigenvalue weighted by Crippen LogP contribution is 2.24. The minimum absolute atomic E-state index is 1.07. The summed E-state index contributed by atoms with van der Waals surface area (Å²) in [5, 5.41) is 3.27. The lowest BCUT2D eigenvalue weighted by molar-refractivity contribution is 0.919. The normalized spacial score (nSPS) is 15.5. The van der Waals surface area contributed by atoms with Gasteiger partial charge in [0.1, 0.15) is 0 Å². The first-order valence-corrected chi connectivity index (χ1v) is 3.89. The van der Waals surface area contributed by atoms with E-state index in [0.717, 1.165) is 18.5 Å². The summed E-state index contributed by atoms with van der Waals surface area (Å²) in [6, 6.07) is 8.38. The van der Waals surface area contributed by atoms with Gasteiger partial charge in [0.2, 0.25) is 0 Å². The number of allylic oxidation sites excluding steroid dienone is 1. The van der Waals surface area contributed by atoms with Gasteiger partial charge in [0.25, 0.3) is 0 Å². The molecule has 11 heavy (non-hydrogen) atoms. The molecule has 0 spiro atoms. The van der Waals surface area contributed by atoms with E-state index in [2.05, 4.69) is 30.1 Å². The van der Waals surface area contributed by atoms with Crippen LogP contribution in [0.1, 0.15) is 12.0 Å². The molecule has 0 aromatic heterocycles. The summed E-state index contributed by atoms with van der Waals surface area (Å²) in [6.07, 6.45) is 2.19. The van der Waals surface area contributed by atoms with Crippen LogP contribution in [0.3, 0.4) is 0 Å². The van der Waals surface area contributed by atoms with Crippen molar-refractivity contribution in [3.63, 3.8) is 0 Å². The minimum Gasteiger partial charge on any atom is -0.359 e. The molecule has 0 atom stereocenters. The molecule has 1 nitrogen and oxygen atoms in total. The van der Waals surface area contributed by atoms with Crippen LogP contribution in [0, 0.1) is 0 Å². The number of fused-ring (bicyclic) bond motifs is 1. The minimum atomic E-state index is 1.07. The molecule has 0 saturated carbocycles. The van der Waals surface area contributed by atoms with Crippen molar-refractivity contribution in [2.75, 3.05) is 5.32 Å². The molecular formula is C10H11N. The van der Waals surface area contributed by atoms with E-state index < -0.39 is 0 Å². The SMILES string of the molecule is C=C1CCc2ccccc2N1. The van der Waals surface area contributed by atoms with Crippen molar-refractivity contribution in [3.8, 4) is 0 Å². The van der Waals surface area contributed by atoms with Gasteiger partial charge in [-0.1, -0.05) is 24.8 Å². The summed E-state index contributed by atoms with van der Waals surface area (Å²) < 4.78 is 0. The van der Waals surface area contributed by atoms with Gasteiger partial charge < -0.3 is 5.32 Å². The van der Waals surface area contributed by atoms with Crippen molar-refractivity contribution >= 4 is 5.69 Å². The highest BCUT2D eigenvalue weighted by molar-refractivity contribution is 5.57. The number of nitrogens with one attached hydrogen (secondary N) is 1. The third-order valence-corrected chi connectivity index (χ3v) is 2.02. The van der Waals surface area contributed by atoms with Crippen LogP contribution in [0.5, 0.6) is 0 Å². The fourth-order valence-corrected chi connectivity index (χ4v) is 1.40. The highest BCUT2D eigenvalue weighted by atomic mass is 14.9. The third-order valence-electron chi connectivity index (χ3n) is 2.02. The summed E-state index contributed by atoms with van der Waals surface area (Å²) >= 11 is 0. The Kier molecular flexibility index (Phi) is 1.42. The van der Waals surface area contributed by atoms with E-state index in [1.54, 1.807) is 0 Å². The zero-order valence-corrected chi connectivity index (χ0v) is 6.43. The molecule has 0 bridgehead atoms. The van der Waals surface area contributed by atoms with Crippen molar-refractivity contribution in [3.05, 3.63) is 42.1 Å². The monoisotopic (exact) mass is 145 g/mol. The fraction of sp³-hybridized carbons (Fsp3) is 0.200. The van der Waals surface area contributed by atoms with E-state index in [4.69, 9.17) is 0 Å². The van der Waals surface area contributed by atoms with Crippen LogP contribution in [0.4, 0.5) is 5.69 Å². The number of rotatable bonds is 0. The molecule has 0 fully saturated rings. The molecule has 1 aromatic rings. The molecule has 0 aliphatic carbocycles. The maximum absolute atomic E-state index is 3.90. The number of para-hydroxylation sites is 1. The molecule has 0 unspecified atom stereocenters. The first-order chi connectivity index (χ1) is 5.36. The number of benzene rings is 1. The van der Waals surface area contributed by atoms with Gasteiger partial charge in [-0.3, -0.25) is 0 Å². The van der Waals surface area contributed by atoms with Crippen LogP contribution in [0.25, 0.3) is 0 Å². The molecule has 1 aromatic carbocycles. The van der Waals surface area contributed by atoms with Crippen LogP contribution >= 0.6 is 0 Å². The summed E-state index contributed by atoms with van der Waals surface area (Å²) in [4.78, 5) is 0. The van der Waals surface area contributed by atoms with E-state index in [0.29, 0.717) is 0 Å². The van der Waals surface area contributed by atoms with Crippen molar-refractivity contribution in [1.82, 2.24) is 0 Å². The molecule has 1 aliphatic rings. The molecule has 1 heterocycles. The Morgan fingerprint density at radius 1 is 1.18 bits per heavy atom. The standard InChI is InChI=1S/C10H11N/c1-8-6-7-9-4-2-3-5-10(9)11-8/h2-5,11H,1,6-7H2. The second kappa shape index (κ2) is 2.42. The lowest BCUT2D eigenvalue weighted by Crippen LogP contribution is -2.08. The molecule has 0 saturated heterocycles. The van der Waals surface area contributed by atoms with Crippen molar-refractivity contribution in [2.24, 2.45) is 0 Å². The second-order valence-electron chi connectivity index (χ2n) is 2.89. The van der Waals surface area contributed by atoms with E-state index in [1.165, 1.54) is 11.3 Å². The van der Waals surface area contributed by atoms with E-state index in [9.17, 15) is 0 Å². The van der Waals surface area contributed by atoms with Gasteiger partial charge in [-0.2, -0.15) is 0 Å². The van der Waals surface area contributed by atoms with Crippen LogP contribution in [0.15, 0.2) is 36.5 Å². The third kappa shape index (κ3) is 1.14. The number of aryl methyl sites for hydroxylation is 1. The maximum Gasteiger partial charge on any atom is 0.0414 e. The summed E-state index contributed by atoms with van der Waals surface area (Å²) in [7, 11) is 0. The smallest absolute Gasteiger partial charge is 0.0414 e. The van der Waals surface area contributed by atoms with E-state index in [-0.39, 0.29) is 0 Å². The first kappa shape index (κ1) is 6.47. The van der Waals surface area contributed by atoms with Crippen molar-refractivity contribution < 1.29 is 0 Å². The van der Waals surface area contributed by atoms with Crippen LogP contribution < -0.4 is 5.32 Å². The lowest BCUT2D eigenvalue weighted by Gasteiger charge is -2.19. The predicted octanol–water partition coefficient (Wildman–Crippen LogP) is 2.56. The molecule has 0 amide bonds. The predicted molar refractivity (Wildman–Crippen MR) is 47.5 cm³/mol. The maximum atomic E-state index is 3.90. The Morgan fingerprint density at radius 2 is 2.00 bits per heavy atom. The van der Waals surface area contributed by atoms with Gasteiger partial charge in [-0.15, -0.1) is 0 Å². The van der Waals surface area contributed by atoms with Crippen LogP contribution in [-0.4, -0.2) is 0 Å². The number of hydrogen-bond acceptors (Lipinski definition) is 1. The first-order valence-electron chi connectivity index (χ1n) is 3.89. The van der Waals surface area contributed by atoms with Gasteiger partial charge >= 0.3 is 0 Å². The van der Waals surface area contributed by atoms with Crippen LogP contribution in [0.2, 0.25) is 0 Å². The highest BCUT2D eigenvalue weighted by Gasteiger charge is 2.08. The average molecular weight is 145 g/mol. The molecule has 1 N–H and O–H groups in total. The van der Waals surface area contributed by atoms with Gasteiger partial charge in [0.05, 0.1) is 0 Å². The Labute approximate surface area is 66.7 Å². The molecule has 56 valence electrons. The summed E-state index contributed by atoms with van der Waals surface area (Å²) in [5.41, 5.74) is 3.76. The summed E-state index contributed by atoms with van der Waals surface area (Å²) in [6.45, 7) is 3.90. The molecule has 1 aliphatic heterocycles. The van der Waals surface area contributed by atoms with Crippen molar-refractivity contribution in [1.29, 1.82) is 0 Å². The molecule has 1 heteroatoms. The Bertz CT molecular complexity index is 289. The average Bonchev–Trinajstić information content (AvgIpc) is 2.04.